The fourth-order valence-corrected chi connectivity index (χ4v) is 2.61. The van der Waals surface area contributed by atoms with Crippen molar-refractivity contribution in [3.8, 4) is 11.9 Å². The molecular weight excluding hydrogens is 372 g/mol. The minimum absolute atomic E-state index is 0.0229. The molecule has 0 saturated carbocycles. The van der Waals surface area contributed by atoms with Crippen LogP contribution in [0.3, 0.4) is 0 Å². The lowest BCUT2D eigenvalue weighted by Gasteiger charge is -2.14. The lowest BCUT2D eigenvalue weighted by Crippen LogP contribution is -2.27. The van der Waals surface area contributed by atoms with E-state index >= 15 is 0 Å². The molecule has 2 rings (SSSR count). The van der Waals surface area contributed by atoms with Gasteiger partial charge < -0.3 is 10.1 Å². The van der Waals surface area contributed by atoms with Gasteiger partial charge in [-0.1, -0.05) is 12.5 Å². The number of nitro groups is 1. The zero-order valence-corrected chi connectivity index (χ0v) is 16.2. The van der Waals surface area contributed by atoms with E-state index in [1.807, 2.05) is 13.1 Å². The van der Waals surface area contributed by atoms with Gasteiger partial charge in [-0.2, -0.15) is 5.26 Å². The number of nitrogens with zero attached hydrogens (tertiary/aromatic N) is 4. The molecule has 9 nitrogen and oxygen atoms in total. The van der Waals surface area contributed by atoms with E-state index in [1.54, 1.807) is 36.7 Å². The highest BCUT2D eigenvalue weighted by atomic mass is 16.6. The number of nitro benzene ring substituents is 1. The van der Waals surface area contributed by atoms with E-state index in [2.05, 4.69) is 20.6 Å². The van der Waals surface area contributed by atoms with Crippen LogP contribution in [0, 0.1) is 21.6 Å². The number of ether oxygens (including phenoxy) is 1. The number of nitriles is 1. The van der Waals surface area contributed by atoms with Gasteiger partial charge in [-0.05, 0) is 44.4 Å². The Morgan fingerprint density at radius 2 is 2.10 bits per heavy atom. The van der Waals surface area contributed by atoms with Gasteiger partial charge in [0.2, 0.25) is 5.96 Å². The third-order valence-corrected chi connectivity index (χ3v) is 4.02. The summed E-state index contributed by atoms with van der Waals surface area (Å²) in [4.78, 5) is 18.7. The van der Waals surface area contributed by atoms with Crippen LogP contribution >= 0.6 is 0 Å². The zero-order valence-electron chi connectivity index (χ0n) is 16.2. The number of unbranched alkanes of at least 4 members (excludes halogenated alkanes) is 2. The van der Waals surface area contributed by atoms with E-state index in [9.17, 15) is 10.1 Å². The lowest BCUT2D eigenvalue weighted by atomic mass is 10.1. The Hall–Kier alpha value is -3.67. The summed E-state index contributed by atoms with van der Waals surface area (Å²) in [5.41, 5.74) is 0.823. The number of non-ortho nitro benzene ring substituents is 1. The molecule has 0 aliphatic carbocycles. The molecule has 29 heavy (non-hydrogen) atoms. The molecule has 0 spiro atoms. The fourth-order valence-electron chi connectivity index (χ4n) is 2.61. The highest BCUT2D eigenvalue weighted by Crippen LogP contribution is 2.21. The van der Waals surface area contributed by atoms with E-state index in [-0.39, 0.29) is 11.8 Å². The maximum Gasteiger partial charge on any atom is 0.273 e. The first kappa shape index (κ1) is 21.6. The van der Waals surface area contributed by atoms with Gasteiger partial charge in [-0.25, -0.2) is 0 Å². The second kappa shape index (κ2) is 11.9. The van der Waals surface area contributed by atoms with Crippen LogP contribution in [0.2, 0.25) is 0 Å². The monoisotopic (exact) mass is 396 g/mol. The largest absolute Gasteiger partial charge is 0.490 e. The van der Waals surface area contributed by atoms with Crippen molar-refractivity contribution in [1.82, 2.24) is 10.3 Å². The lowest BCUT2D eigenvalue weighted by molar-refractivity contribution is -0.384. The molecule has 0 radical (unpaired) electrons. The second-order valence-electron chi connectivity index (χ2n) is 6.36. The van der Waals surface area contributed by atoms with E-state index in [0.29, 0.717) is 18.3 Å². The summed E-state index contributed by atoms with van der Waals surface area (Å²) in [6, 6.07) is 9.79. The Labute approximate surface area is 169 Å². The molecule has 0 fully saturated rings. The van der Waals surface area contributed by atoms with Crippen LogP contribution in [0.15, 0.2) is 53.8 Å². The summed E-state index contributed by atoms with van der Waals surface area (Å²) in [6.45, 7) is 2.53. The molecule has 1 aromatic heterocycles. The third-order valence-electron chi connectivity index (χ3n) is 4.02. The van der Waals surface area contributed by atoms with Gasteiger partial charge in [0.15, 0.2) is 6.19 Å². The number of aliphatic imine (C=N–C) groups is 1. The van der Waals surface area contributed by atoms with Crippen LogP contribution in [-0.2, 0) is 0 Å². The topological polar surface area (TPSA) is 125 Å². The van der Waals surface area contributed by atoms with Gasteiger partial charge >= 0.3 is 0 Å². The Morgan fingerprint density at radius 1 is 1.31 bits per heavy atom. The molecule has 0 aliphatic rings. The Bertz CT molecular complexity index is 851. The van der Waals surface area contributed by atoms with Crippen molar-refractivity contribution in [2.75, 3.05) is 11.9 Å². The summed E-state index contributed by atoms with van der Waals surface area (Å²) in [5.74, 6) is 0.909. The number of guanidine groups is 1. The molecule has 1 unspecified atom stereocenters. The van der Waals surface area contributed by atoms with Crippen molar-refractivity contribution in [3.63, 3.8) is 0 Å². The number of aromatic nitrogens is 1. The van der Waals surface area contributed by atoms with Crippen molar-refractivity contribution in [2.45, 2.75) is 38.7 Å². The number of nitrogens with one attached hydrogen (secondary N) is 2. The van der Waals surface area contributed by atoms with Crippen LogP contribution in [0.4, 0.5) is 11.4 Å². The number of benzene rings is 1. The van der Waals surface area contributed by atoms with Gasteiger partial charge in [0.1, 0.15) is 5.75 Å². The number of hydrogen-bond acceptors (Lipinski definition) is 6. The first-order valence-corrected chi connectivity index (χ1v) is 9.36. The molecule has 2 aromatic rings. The molecular formula is C20H24N6O3. The zero-order chi connectivity index (χ0) is 20.9. The average Bonchev–Trinajstić information content (AvgIpc) is 2.71. The first-order chi connectivity index (χ1) is 14.1. The van der Waals surface area contributed by atoms with Gasteiger partial charge in [0.05, 0.1) is 17.1 Å². The highest BCUT2D eigenvalue weighted by molar-refractivity contribution is 5.94. The van der Waals surface area contributed by atoms with Crippen molar-refractivity contribution < 1.29 is 9.66 Å². The smallest absolute Gasteiger partial charge is 0.273 e. The third kappa shape index (κ3) is 8.26. The summed E-state index contributed by atoms with van der Waals surface area (Å²) < 4.78 is 5.76. The maximum absolute atomic E-state index is 10.8. The summed E-state index contributed by atoms with van der Waals surface area (Å²) in [5, 5.41) is 25.2. The molecule has 9 heteroatoms. The minimum Gasteiger partial charge on any atom is -0.490 e. The van der Waals surface area contributed by atoms with E-state index < -0.39 is 4.92 Å². The fraction of sp³-hybridized carbons (Fsp3) is 0.350. The number of rotatable bonds is 10. The Kier molecular flexibility index (Phi) is 8.89. The first-order valence-electron chi connectivity index (χ1n) is 9.36. The molecule has 1 heterocycles. The molecule has 0 saturated heterocycles. The van der Waals surface area contributed by atoms with Gasteiger partial charge in [-0.15, -0.1) is 0 Å². The van der Waals surface area contributed by atoms with E-state index in [4.69, 9.17) is 10.00 Å². The van der Waals surface area contributed by atoms with E-state index in [0.717, 1.165) is 31.4 Å². The number of anilines is 1. The SMILES string of the molecule is CC(CCCCCN=C(NC#N)Nc1ccncc1)Oc1cccc([N+](=O)[O-])c1. The number of pyridine rings is 1. The average molecular weight is 396 g/mol. The van der Waals surface area contributed by atoms with Gasteiger partial charge in [0.25, 0.3) is 5.69 Å². The molecule has 0 bridgehead atoms. The van der Waals surface area contributed by atoms with Crippen LogP contribution < -0.4 is 15.4 Å². The van der Waals surface area contributed by atoms with Crippen LogP contribution in [0.1, 0.15) is 32.6 Å². The summed E-state index contributed by atoms with van der Waals surface area (Å²) in [7, 11) is 0. The van der Waals surface area contributed by atoms with Crippen molar-refractivity contribution in [3.05, 3.63) is 58.9 Å². The van der Waals surface area contributed by atoms with Crippen molar-refractivity contribution in [1.29, 1.82) is 5.26 Å². The highest BCUT2D eigenvalue weighted by Gasteiger charge is 2.09. The minimum atomic E-state index is -0.434. The molecule has 1 atom stereocenters. The quantitative estimate of drug-likeness (QED) is 0.119. The van der Waals surface area contributed by atoms with Crippen LogP contribution in [0.25, 0.3) is 0 Å². The maximum atomic E-state index is 10.8. The Balaban J connectivity index is 1.68. The molecule has 2 N–H and O–H groups in total. The normalized spacial score (nSPS) is 11.9. The molecule has 0 aliphatic heterocycles. The second-order valence-corrected chi connectivity index (χ2v) is 6.36. The predicted octanol–water partition coefficient (Wildman–Crippen LogP) is 3.86. The molecule has 152 valence electrons. The van der Waals surface area contributed by atoms with Crippen LogP contribution in [0.5, 0.6) is 5.75 Å². The van der Waals surface area contributed by atoms with E-state index in [1.165, 1.54) is 12.1 Å². The standard InChI is InChI=1S/C20H24N6O3/c1-16(29-19-8-5-7-18(14-19)26(27)28)6-3-2-4-11-23-20(24-15-21)25-17-9-12-22-13-10-17/h5,7-10,12-14,16H,2-4,6,11H2,1H3,(H2,22,23,24,25). The van der Waals surface area contributed by atoms with Gasteiger partial charge in [-0.3, -0.25) is 25.4 Å². The Morgan fingerprint density at radius 3 is 2.83 bits per heavy atom. The summed E-state index contributed by atoms with van der Waals surface area (Å²) in [6.07, 6.45) is 8.77. The summed E-state index contributed by atoms with van der Waals surface area (Å²) >= 11 is 0. The van der Waals surface area contributed by atoms with Crippen molar-refractivity contribution >= 4 is 17.3 Å². The predicted molar refractivity (Wildman–Crippen MR) is 111 cm³/mol. The molecule has 1 aromatic carbocycles. The van der Waals surface area contributed by atoms with Crippen LogP contribution in [-0.4, -0.2) is 28.5 Å². The van der Waals surface area contributed by atoms with Crippen molar-refractivity contribution in [2.24, 2.45) is 4.99 Å². The number of hydrogen-bond donors (Lipinski definition) is 2. The molecule has 0 amide bonds. The van der Waals surface area contributed by atoms with Gasteiger partial charge in [0, 0.05) is 30.7 Å².